The summed E-state index contributed by atoms with van der Waals surface area (Å²) in [4.78, 5) is 4.63. The zero-order valence-electron chi connectivity index (χ0n) is 11.3. The molecule has 0 saturated carbocycles. The number of amidine groups is 1. The molecule has 1 N–H and O–H groups in total. The van der Waals surface area contributed by atoms with E-state index in [1.54, 1.807) is 0 Å². The highest BCUT2D eigenvalue weighted by Gasteiger charge is 2.38. The third-order valence-electron chi connectivity index (χ3n) is 3.73. The average Bonchev–Trinajstić information content (AvgIpc) is 2.76. The molecule has 4 heteroatoms. The molecule has 1 saturated heterocycles. The Morgan fingerprint density at radius 2 is 2.35 bits per heavy atom. The van der Waals surface area contributed by atoms with E-state index in [2.05, 4.69) is 38.0 Å². The molecule has 0 aliphatic carbocycles. The van der Waals surface area contributed by atoms with Gasteiger partial charge in [-0.15, -0.1) is 0 Å². The summed E-state index contributed by atoms with van der Waals surface area (Å²) in [6.07, 6.45) is 2.60. The summed E-state index contributed by atoms with van der Waals surface area (Å²) in [6, 6.07) is 0. The van der Waals surface area contributed by atoms with Crippen LogP contribution in [0.2, 0.25) is 0 Å². The fourth-order valence-corrected chi connectivity index (χ4v) is 3.76. The van der Waals surface area contributed by atoms with Crippen LogP contribution in [0.25, 0.3) is 0 Å². The number of hydrogen-bond acceptors (Lipinski definition) is 4. The summed E-state index contributed by atoms with van der Waals surface area (Å²) in [5.74, 6) is 0.756. The van der Waals surface area contributed by atoms with Gasteiger partial charge in [-0.1, -0.05) is 25.6 Å². The van der Waals surface area contributed by atoms with Gasteiger partial charge >= 0.3 is 0 Å². The first kappa shape index (κ1) is 13.2. The van der Waals surface area contributed by atoms with E-state index in [0.29, 0.717) is 5.25 Å². The minimum atomic E-state index is 0.0680. The van der Waals surface area contributed by atoms with E-state index < -0.39 is 0 Å². The van der Waals surface area contributed by atoms with Gasteiger partial charge < -0.3 is 10.1 Å². The second-order valence-corrected chi connectivity index (χ2v) is 7.11. The van der Waals surface area contributed by atoms with Gasteiger partial charge in [0.25, 0.3) is 0 Å². The van der Waals surface area contributed by atoms with Crippen LogP contribution in [0, 0.1) is 5.92 Å². The maximum absolute atomic E-state index is 5.64. The van der Waals surface area contributed by atoms with Gasteiger partial charge in [0.15, 0.2) is 5.17 Å². The zero-order valence-corrected chi connectivity index (χ0v) is 12.1. The van der Waals surface area contributed by atoms with Gasteiger partial charge in [-0.25, -0.2) is 0 Å². The third kappa shape index (κ3) is 3.16. The van der Waals surface area contributed by atoms with Crippen molar-refractivity contribution in [1.29, 1.82) is 0 Å². The molecule has 3 atom stereocenters. The predicted octanol–water partition coefficient (Wildman–Crippen LogP) is 2.66. The molecule has 2 rings (SSSR count). The third-order valence-corrected chi connectivity index (χ3v) is 4.86. The van der Waals surface area contributed by atoms with E-state index in [9.17, 15) is 0 Å². The van der Waals surface area contributed by atoms with Gasteiger partial charge in [-0.3, -0.25) is 4.99 Å². The van der Waals surface area contributed by atoms with Crippen LogP contribution in [0.4, 0.5) is 0 Å². The zero-order chi connectivity index (χ0) is 12.5. The topological polar surface area (TPSA) is 33.6 Å². The van der Waals surface area contributed by atoms with Crippen molar-refractivity contribution in [3.8, 4) is 0 Å². The minimum Gasteiger partial charge on any atom is -0.376 e. The summed E-state index contributed by atoms with van der Waals surface area (Å²) in [7, 11) is 0. The highest BCUT2D eigenvalue weighted by atomic mass is 32.2. The van der Waals surface area contributed by atoms with Crippen LogP contribution in [0.5, 0.6) is 0 Å². The normalized spacial score (nSPS) is 37.6. The number of ether oxygens (including phenoxy) is 1. The maximum Gasteiger partial charge on any atom is 0.157 e. The Morgan fingerprint density at radius 1 is 1.59 bits per heavy atom. The summed E-state index contributed by atoms with van der Waals surface area (Å²) in [5.41, 5.74) is 0.0680. The van der Waals surface area contributed by atoms with Crippen molar-refractivity contribution in [2.45, 2.75) is 57.4 Å². The Hall–Kier alpha value is -0.220. The lowest BCUT2D eigenvalue weighted by Gasteiger charge is -2.29. The smallest absolute Gasteiger partial charge is 0.157 e. The van der Waals surface area contributed by atoms with Crippen molar-refractivity contribution in [2.75, 3.05) is 13.2 Å². The lowest BCUT2D eigenvalue weighted by atomic mass is 9.95. The van der Waals surface area contributed by atoms with Crippen LogP contribution in [-0.4, -0.2) is 35.2 Å². The van der Waals surface area contributed by atoms with E-state index in [1.807, 2.05) is 11.8 Å². The van der Waals surface area contributed by atoms with Gasteiger partial charge in [0, 0.05) is 11.9 Å². The molecule has 2 aliphatic rings. The first-order valence-electron chi connectivity index (χ1n) is 6.60. The number of nitrogens with one attached hydrogen (secondary N) is 1. The molecular weight excluding hydrogens is 232 g/mol. The molecule has 3 nitrogen and oxygen atoms in total. The molecule has 3 unspecified atom stereocenters. The van der Waals surface area contributed by atoms with Crippen LogP contribution in [0.15, 0.2) is 4.99 Å². The van der Waals surface area contributed by atoms with Crippen LogP contribution < -0.4 is 5.32 Å². The molecule has 0 bridgehead atoms. The van der Waals surface area contributed by atoms with Crippen molar-refractivity contribution in [3.05, 3.63) is 0 Å². The van der Waals surface area contributed by atoms with Gasteiger partial charge in [-0.2, -0.15) is 0 Å². The summed E-state index contributed by atoms with van der Waals surface area (Å²) >= 11 is 1.91. The minimum absolute atomic E-state index is 0.0680. The molecule has 0 aromatic heterocycles. The molecule has 0 aromatic rings. The number of thioether (sulfide) groups is 1. The van der Waals surface area contributed by atoms with Crippen molar-refractivity contribution >= 4 is 16.9 Å². The van der Waals surface area contributed by atoms with E-state index >= 15 is 0 Å². The Bertz CT molecular complexity index is 306. The van der Waals surface area contributed by atoms with Gasteiger partial charge in [0.2, 0.25) is 0 Å². The van der Waals surface area contributed by atoms with Gasteiger partial charge in [-0.05, 0) is 32.6 Å². The summed E-state index contributed by atoms with van der Waals surface area (Å²) in [6.45, 7) is 10.8. The highest BCUT2D eigenvalue weighted by Crippen LogP contribution is 2.30. The molecule has 0 aromatic carbocycles. The largest absolute Gasteiger partial charge is 0.376 e. The molecule has 0 radical (unpaired) electrons. The molecule has 2 heterocycles. The second kappa shape index (κ2) is 5.19. The lowest BCUT2D eigenvalue weighted by molar-refractivity contribution is 0.0951. The van der Waals surface area contributed by atoms with Crippen LogP contribution in [-0.2, 0) is 4.74 Å². The van der Waals surface area contributed by atoms with Crippen LogP contribution in [0.1, 0.15) is 40.5 Å². The average molecular weight is 256 g/mol. The molecule has 1 fully saturated rings. The molecule has 2 aliphatic heterocycles. The van der Waals surface area contributed by atoms with E-state index in [-0.39, 0.29) is 11.6 Å². The molecule has 98 valence electrons. The predicted molar refractivity (Wildman–Crippen MR) is 74.7 cm³/mol. The van der Waals surface area contributed by atoms with Gasteiger partial charge in [0.05, 0.1) is 18.2 Å². The standard InChI is InChI=1S/C13H24N2OS/c1-9(2)7-11-8-14-12(17-11)15-13(4)5-6-16-10(13)3/h9-11H,5-8H2,1-4H3,(H,14,15). The van der Waals surface area contributed by atoms with Gasteiger partial charge in [0.1, 0.15) is 0 Å². The molecular formula is C13H24N2OS. The number of rotatable bonds is 3. The fourth-order valence-electron chi connectivity index (χ4n) is 2.38. The highest BCUT2D eigenvalue weighted by molar-refractivity contribution is 8.14. The first-order valence-corrected chi connectivity index (χ1v) is 7.48. The Balaban J connectivity index is 1.85. The fraction of sp³-hybridized carbons (Fsp3) is 0.923. The van der Waals surface area contributed by atoms with Crippen molar-refractivity contribution in [2.24, 2.45) is 10.9 Å². The van der Waals surface area contributed by atoms with E-state index in [0.717, 1.165) is 30.7 Å². The Kier molecular flexibility index (Phi) is 4.03. The second-order valence-electron chi connectivity index (χ2n) is 5.82. The first-order chi connectivity index (χ1) is 7.99. The van der Waals surface area contributed by atoms with Crippen LogP contribution >= 0.6 is 11.8 Å². The maximum atomic E-state index is 5.64. The Labute approximate surface area is 109 Å². The van der Waals surface area contributed by atoms with Crippen molar-refractivity contribution in [1.82, 2.24) is 5.32 Å². The quantitative estimate of drug-likeness (QED) is 0.843. The summed E-state index contributed by atoms with van der Waals surface area (Å²) < 4.78 is 5.64. The van der Waals surface area contributed by atoms with E-state index in [4.69, 9.17) is 4.74 Å². The summed E-state index contributed by atoms with van der Waals surface area (Å²) in [5, 5.41) is 5.38. The Morgan fingerprint density at radius 3 is 2.94 bits per heavy atom. The number of hydrogen-bond donors (Lipinski definition) is 1. The van der Waals surface area contributed by atoms with Crippen molar-refractivity contribution in [3.63, 3.8) is 0 Å². The van der Waals surface area contributed by atoms with E-state index in [1.165, 1.54) is 6.42 Å². The number of aliphatic imine (C=N–C) groups is 1. The monoisotopic (exact) mass is 256 g/mol. The molecule has 0 spiro atoms. The molecule has 0 amide bonds. The SMILES string of the molecule is CC(C)CC1CN=C(NC2(C)CCOC2C)S1. The van der Waals surface area contributed by atoms with Crippen LogP contribution in [0.3, 0.4) is 0 Å². The number of nitrogens with zero attached hydrogens (tertiary/aromatic N) is 1. The van der Waals surface area contributed by atoms with Crippen molar-refractivity contribution < 1.29 is 4.74 Å². The lowest BCUT2D eigenvalue weighted by Crippen LogP contribution is -2.49. The molecule has 17 heavy (non-hydrogen) atoms.